The van der Waals surface area contributed by atoms with Crippen LogP contribution in [0.3, 0.4) is 0 Å². The zero-order valence-electron chi connectivity index (χ0n) is 15.0. The van der Waals surface area contributed by atoms with E-state index in [4.69, 9.17) is 0 Å². The number of hydrogen-bond donors (Lipinski definition) is 1. The number of carbonyl (C=O) groups excluding carboxylic acids is 1. The summed E-state index contributed by atoms with van der Waals surface area (Å²) in [5.41, 5.74) is 2.22. The van der Waals surface area contributed by atoms with Gasteiger partial charge >= 0.3 is 0 Å². The number of anilines is 1. The molecule has 0 spiro atoms. The molecule has 0 bridgehead atoms. The predicted octanol–water partition coefficient (Wildman–Crippen LogP) is 4.04. The quantitative estimate of drug-likeness (QED) is 0.473. The molecule has 0 atom stereocenters. The Morgan fingerprint density at radius 3 is 2.66 bits per heavy atom. The second-order valence-electron chi connectivity index (χ2n) is 6.52. The van der Waals surface area contributed by atoms with Gasteiger partial charge in [0, 0.05) is 21.9 Å². The lowest BCUT2D eigenvalue weighted by Crippen LogP contribution is -2.23. The molecular weight excluding hydrogens is 432 g/mol. The third kappa shape index (κ3) is 2.96. The third-order valence-electron chi connectivity index (χ3n) is 4.72. The summed E-state index contributed by atoms with van der Waals surface area (Å²) in [6.45, 7) is 0. The maximum atomic E-state index is 13.3. The molecular formula is C22H13BrN4O2. The minimum absolute atomic E-state index is 0.242. The van der Waals surface area contributed by atoms with Crippen molar-refractivity contribution in [3.05, 3.63) is 93.1 Å². The Kier molecular flexibility index (Phi) is 4.10. The molecule has 1 amide bonds. The van der Waals surface area contributed by atoms with Gasteiger partial charge in [0.2, 0.25) is 0 Å². The topological polar surface area (TPSA) is 76.9 Å². The van der Waals surface area contributed by atoms with Gasteiger partial charge < -0.3 is 5.32 Å². The summed E-state index contributed by atoms with van der Waals surface area (Å²) in [5.74, 6) is 0.536. The number of fused-ring (bicyclic) bond motifs is 2. The summed E-state index contributed by atoms with van der Waals surface area (Å²) in [6, 6.07) is 18.0. The van der Waals surface area contributed by atoms with E-state index in [1.807, 2.05) is 24.3 Å². The van der Waals surface area contributed by atoms with E-state index >= 15 is 0 Å². The second-order valence-corrected chi connectivity index (χ2v) is 7.43. The molecule has 0 aliphatic carbocycles. The Labute approximate surface area is 173 Å². The molecule has 1 aliphatic rings. The van der Waals surface area contributed by atoms with Crippen molar-refractivity contribution < 1.29 is 4.79 Å². The molecule has 3 heterocycles. The van der Waals surface area contributed by atoms with Crippen molar-refractivity contribution >= 4 is 50.1 Å². The summed E-state index contributed by atoms with van der Waals surface area (Å²) in [6.07, 6.45) is 3.25. The first-order valence-electron chi connectivity index (χ1n) is 8.88. The lowest BCUT2D eigenvalue weighted by molar-refractivity contribution is -0.110. The number of nitrogens with zero attached hydrogens (tertiary/aromatic N) is 3. The summed E-state index contributed by atoms with van der Waals surface area (Å²) in [5, 5.41) is 3.33. The molecule has 0 saturated carbocycles. The van der Waals surface area contributed by atoms with Crippen molar-refractivity contribution in [1.82, 2.24) is 14.5 Å². The average Bonchev–Trinajstić information content (AvgIpc) is 3.03. The van der Waals surface area contributed by atoms with E-state index in [9.17, 15) is 9.59 Å². The second kappa shape index (κ2) is 6.79. The van der Waals surface area contributed by atoms with E-state index in [0.717, 1.165) is 15.7 Å². The van der Waals surface area contributed by atoms with Crippen molar-refractivity contribution in [3.8, 4) is 5.82 Å². The monoisotopic (exact) mass is 444 g/mol. The zero-order valence-corrected chi connectivity index (χ0v) is 16.6. The van der Waals surface area contributed by atoms with Crippen molar-refractivity contribution in [3.63, 3.8) is 0 Å². The maximum absolute atomic E-state index is 13.3. The van der Waals surface area contributed by atoms with Gasteiger partial charge in [-0.3, -0.25) is 9.59 Å². The van der Waals surface area contributed by atoms with Gasteiger partial charge in [-0.15, -0.1) is 0 Å². The highest BCUT2D eigenvalue weighted by Crippen LogP contribution is 2.35. The van der Waals surface area contributed by atoms with Crippen LogP contribution >= 0.6 is 15.9 Å². The standard InChI is InChI=1S/C22H13BrN4O2/c23-13-8-9-18-15(11-13)16(21(28)26-18)12-20-25-17-6-2-1-5-14(17)22(29)27(20)19-7-3-4-10-24-19/h1-12H,(H,26,28). The van der Waals surface area contributed by atoms with Gasteiger partial charge in [-0.05, 0) is 48.5 Å². The number of nitrogens with one attached hydrogen (secondary N) is 1. The maximum Gasteiger partial charge on any atom is 0.267 e. The molecule has 2 aromatic carbocycles. The highest BCUT2D eigenvalue weighted by molar-refractivity contribution is 9.10. The lowest BCUT2D eigenvalue weighted by atomic mass is 10.1. The first-order valence-corrected chi connectivity index (χ1v) is 9.67. The van der Waals surface area contributed by atoms with Crippen molar-refractivity contribution in [2.24, 2.45) is 0 Å². The van der Waals surface area contributed by atoms with Crippen LogP contribution in [0.4, 0.5) is 5.69 Å². The fourth-order valence-corrected chi connectivity index (χ4v) is 3.75. The summed E-state index contributed by atoms with van der Waals surface area (Å²) >= 11 is 3.45. The van der Waals surface area contributed by atoms with Crippen LogP contribution in [0, 0.1) is 0 Å². The minimum atomic E-state index is -0.243. The van der Waals surface area contributed by atoms with E-state index in [1.165, 1.54) is 4.57 Å². The molecule has 0 radical (unpaired) electrons. The van der Waals surface area contributed by atoms with Gasteiger partial charge in [-0.2, -0.15) is 0 Å². The molecule has 0 unspecified atom stereocenters. The number of pyridine rings is 1. The molecule has 1 N–H and O–H groups in total. The Morgan fingerprint density at radius 1 is 1.00 bits per heavy atom. The van der Waals surface area contributed by atoms with Gasteiger partial charge in [-0.25, -0.2) is 14.5 Å². The molecule has 0 fully saturated rings. The number of carbonyl (C=O) groups is 1. The molecule has 6 nitrogen and oxygen atoms in total. The molecule has 2 aromatic heterocycles. The van der Waals surface area contributed by atoms with Crippen LogP contribution in [-0.2, 0) is 4.79 Å². The third-order valence-corrected chi connectivity index (χ3v) is 5.21. The van der Waals surface area contributed by atoms with Crippen molar-refractivity contribution in [2.75, 3.05) is 5.32 Å². The van der Waals surface area contributed by atoms with Crippen LogP contribution in [0.25, 0.3) is 28.4 Å². The van der Waals surface area contributed by atoms with Crippen molar-refractivity contribution in [1.29, 1.82) is 0 Å². The lowest BCUT2D eigenvalue weighted by Gasteiger charge is -2.11. The van der Waals surface area contributed by atoms with Crippen LogP contribution in [-0.4, -0.2) is 20.4 Å². The fourth-order valence-electron chi connectivity index (χ4n) is 3.39. The molecule has 140 valence electrons. The average molecular weight is 445 g/mol. The number of hydrogen-bond acceptors (Lipinski definition) is 4. The highest BCUT2D eigenvalue weighted by atomic mass is 79.9. The van der Waals surface area contributed by atoms with E-state index < -0.39 is 0 Å². The Hall–Kier alpha value is -3.58. The molecule has 7 heteroatoms. The first-order chi connectivity index (χ1) is 14.1. The number of aromatic nitrogens is 3. The van der Waals surface area contributed by atoms with Crippen LogP contribution in [0.1, 0.15) is 11.4 Å². The van der Waals surface area contributed by atoms with Crippen LogP contribution in [0.15, 0.2) is 76.1 Å². The van der Waals surface area contributed by atoms with E-state index in [1.54, 1.807) is 48.7 Å². The van der Waals surface area contributed by atoms with Gasteiger partial charge in [0.1, 0.15) is 11.6 Å². The number of para-hydroxylation sites is 1. The minimum Gasteiger partial charge on any atom is -0.321 e. The summed E-state index contributed by atoms with van der Waals surface area (Å²) < 4.78 is 2.28. The highest BCUT2D eigenvalue weighted by Gasteiger charge is 2.25. The van der Waals surface area contributed by atoms with Crippen LogP contribution in [0.5, 0.6) is 0 Å². The Morgan fingerprint density at radius 2 is 1.83 bits per heavy atom. The molecule has 29 heavy (non-hydrogen) atoms. The fraction of sp³-hybridized carbons (Fsp3) is 0. The van der Waals surface area contributed by atoms with E-state index in [0.29, 0.717) is 28.1 Å². The number of rotatable bonds is 2. The molecule has 1 aliphatic heterocycles. The van der Waals surface area contributed by atoms with E-state index in [-0.39, 0.29) is 11.5 Å². The number of benzene rings is 2. The largest absolute Gasteiger partial charge is 0.321 e. The Balaban J connectivity index is 1.82. The summed E-state index contributed by atoms with van der Waals surface area (Å²) in [4.78, 5) is 34.8. The van der Waals surface area contributed by atoms with Gasteiger partial charge in [0.25, 0.3) is 11.5 Å². The molecule has 5 rings (SSSR count). The van der Waals surface area contributed by atoms with Crippen LogP contribution in [0.2, 0.25) is 0 Å². The van der Waals surface area contributed by atoms with Crippen molar-refractivity contribution in [2.45, 2.75) is 0 Å². The molecule has 4 aromatic rings. The van der Waals surface area contributed by atoms with Gasteiger partial charge in [0.15, 0.2) is 0 Å². The first kappa shape index (κ1) is 17.5. The Bertz CT molecular complexity index is 1380. The zero-order chi connectivity index (χ0) is 20.0. The summed E-state index contributed by atoms with van der Waals surface area (Å²) in [7, 11) is 0. The number of amides is 1. The normalized spacial score (nSPS) is 14.2. The van der Waals surface area contributed by atoms with Gasteiger partial charge in [-0.1, -0.05) is 34.1 Å². The predicted molar refractivity (Wildman–Crippen MR) is 116 cm³/mol. The molecule has 0 saturated heterocycles. The van der Waals surface area contributed by atoms with Crippen LogP contribution < -0.4 is 10.9 Å². The van der Waals surface area contributed by atoms with Gasteiger partial charge in [0.05, 0.1) is 16.5 Å². The smallest absolute Gasteiger partial charge is 0.267 e. The van der Waals surface area contributed by atoms with E-state index in [2.05, 4.69) is 31.2 Å². The number of halogens is 1. The SMILES string of the molecule is O=C1Nc2ccc(Br)cc2C1=Cc1nc2ccccc2c(=O)n1-c1ccccn1.